The summed E-state index contributed by atoms with van der Waals surface area (Å²) in [4.78, 5) is 28.2. The first kappa shape index (κ1) is 23.9. The Morgan fingerprint density at radius 2 is 1.78 bits per heavy atom. The summed E-state index contributed by atoms with van der Waals surface area (Å²) in [5.41, 5.74) is 5.23. The molecule has 1 saturated heterocycles. The normalized spacial score (nSPS) is 14.9. The molecule has 7 heteroatoms. The Morgan fingerprint density at radius 3 is 2.56 bits per heavy atom. The van der Waals surface area contributed by atoms with Gasteiger partial charge in [0.15, 0.2) is 0 Å². The molecular weight excluding hydrogens is 452 g/mol. The molecule has 36 heavy (non-hydrogen) atoms. The second-order valence-corrected chi connectivity index (χ2v) is 9.26. The van der Waals surface area contributed by atoms with Crippen molar-refractivity contribution in [1.82, 2.24) is 10.2 Å². The predicted molar refractivity (Wildman–Crippen MR) is 143 cm³/mol. The number of carbonyl (C=O) groups excluding carboxylic acids is 2. The molecule has 0 spiro atoms. The van der Waals surface area contributed by atoms with E-state index >= 15 is 0 Å². The number of hydrogen-bond donors (Lipinski definition) is 3. The topological polar surface area (TPSA) is 82.7 Å². The number of hydrogen-bond acceptors (Lipinski definition) is 5. The molecule has 0 unspecified atom stereocenters. The monoisotopic (exact) mass is 484 g/mol. The number of fused-ring (bicyclic) bond motifs is 1. The second kappa shape index (κ2) is 10.8. The Hall–Kier alpha value is -3.84. The third-order valence-electron chi connectivity index (χ3n) is 6.94. The molecule has 0 aromatic heterocycles. The van der Waals surface area contributed by atoms with Gasteiger partial charge < -0.3 is 25.6 Å². The number of nitrogens with zero attached hydrogens (tertiary/aromatic N) is 1. The highest BCUT2D eigenvalue weighted by Gasteiger charge is 2.27. The van der Waals surface area contributed by atoms with Gasteiger partial charge in [-0.05, 0) is 86.4 Å². The van der Waals surface area contributed by atoms with Crippen LogP contribution in [0.5, 0.6) is 5.75 Å². The smallest absolute Gasteiger partial charge is 0.255 e. The summed E-state index contributed by atoms with van der Waals surface area (Å²) in [6.45, 7) is 4.88. The number of nitrogens with one attached hydrogen (secondary N) is 3. The molecule has 2 amide bonds. The fraction of sp³-hybridized carbons (Fsp3) is 0.310. The number of rotatable bonds is 9. The Labute approximate surface area is 211 Å². The molecule has 3 aromatic rings. The lowest BCUT2D eigenvalue weighted by atomic mass is 9.95. The highest BCUT2D eigenvalue weighted by atomic mass is 16.5. The van der Waals surface area contributed by atoms with E-state index in [4.69, 9.17) is 4.74 Å². The van der Waals surface area contributed by atoms with Crippen LogP contribution in [0.15, 0.2) is 60.7 Å². The van der Waals surface area contributed by atoms with Crippen molar-refractivity contribution in [2.75, 3.05) is 43.9 Å². The number of benzene rings is 3. The van der Waals surface area contributed by atoms with E-state index in [1.807, 2.05) is 54.6 Å². The van der Waals surface area contributed by atoms with Gasteiger partial charge in [-0.2, -0.15) is 0 Å². The van der Waals surface area contributed by atoms with Gasteiger partial charge in [-0.3, -0.25) is 9.59 Å². The molecule has 2 aliphatic heterocycles. The van der Waals surface area contributed by atoms with Crippen LogP contribution in [0.4, 0.5) is 11.4 Å². The summed E-state index contributed by atoms with van der Waals surface area (Å²) < 4.78 is 5.52. The van der Waals surface area contributed by atoms with Crippen LogP contribution in [0.2, 0.25) is 0 Å². The minimum absolute atomic E-state index is 0.189. The van der Waals surface area contributed by atoms with Crippen molar-refractivity contribution in [2.45, 2.75) is 25.8 Å². The molecule has 0 saturated carbocycles. The molecule has 2 heterocycles. The van der Waals surface area contributed by atoms with E-state index < -0.39 is 0 Å². The Morgan fingerprint density at radius 1 is 1.00 bits per heavy atom. The molecule has 5 rings (SSSR count). The lowest BCUT2D eigenvalue weighted by Crippen LogP contribution is -2.22. The largest absolute Gasteiger partial charge is 0.496 e. The van der Waals surface area contributed by atoms with E-state index in [-0.39, 0.29) is 11.8 Å². The summed E-state index contributed by atoms with van der Waals surface area (Å²) in [7, 11) is 1.63. The molecule has 3 aromatic carbocycles. The number of likely N-dealkylation sites (tertiary alicyclic amines) is 1. The fourth-order valence-corrected chi connectivity index (χ4v) is 5.05. The first-order chi connectivity index (χ1) is 17.6. The number of anilines is 2. The van der Waals surface area contributed by atoms with Crippen LogP contribution in [-0.4, -0.2) is 50.0 Å². The lowest BCUT2D eigenvalue weighted by Gasteiger charge is -2.15. The standard InChI is InChI=1S/C29H32N4O3/c1-36-26-8-3-2-7-23(26)22-13-14-25(27-24(22)19-31-29(27)35)32-28(34)20-9-11-21(12-10-20)30-15-6-18-33-16-4-5-17-33/h2-3,7-14,30H,4-6,15-19H2,1H3,(H,31,35)(H,32,34). The number of methoxy groups -OCH3 is 1. The van der Waals surface area contributed by atoms with Gasteiger partial charge in [0.05, 0.1) is 18.4 Å². The number of carbonyl (C=O) groups is 2. The molecule has 0 aliphatic carbocycles. The Balaban J connectivity index is 1.26. The quantitative estimate of drug-likeness (QED) is 0.382. The molecule has 3 N–H and O–H groups in total. The third-order valence-corrected chi connectivity index (χ3v) is 6.94. The first-order valence-corrected chi connectivity index (χ1v) is 12.6. The van der Waals surface area contributed by atoms with E-state index in [9.17, 15) is 9.59 Å². The van der Waals surface area contributed by atoms with Crippen LogP contribution in [0.1, 0.15) is 45.5 Å². The van der Waals surface area contributed by atoms with Crippen molar-refractivity contribution >= 4 is 23.2 Å². The Kier molecular flexibility index (Phi) is 7.18. The zero-order valence-electron chi connectivity index (χ0n) is 20.6. The third kappa shape index (κ3) is 5.06. The maximum Gasteiger partial charge on any atom is 0.255 e. The first-order valence-electron chi connectivity index (χ1n) is 12.6. The average Bonchev–Trinajstić information content (AvgIpc) is 3.57. The lowest BCUT2D eigenvalue weighted by molar-refractivity contribution is 0.0966. The molecule has 0 radical (unpaired) electrons. The molecule has 0 bridgehead atoms. The fourth-order valence-electron chi connectivity index (χ4n) is 5.05. The van der Waals surface area contributed by atoms with Crippen LogP contribution in [-0.2, 0) is 6.54 Å². The molecule has 7 nitrogen and oxygen atoms in total. The van der Waals surface area contributed by atoms with Gasteiger partial charge in [0.25, 0.3) is 11.8 Å². The van der Waals surface area contributed by atoms with Crippen molar-refractivity contribution in [3.63, 3.8) is 0 Å². The second-order valence-electron chi connectivity index (χ2n) is 9.26. The maximum atomic E-state index is 13.0. The molecular formula is C29H32N4O3. The highest BCUT2D eigenvalue weighted by molar-refractivity contribution is 6.11. The van der Waals surface area contributed by atoms with E-state index in [1.165, 1.54) is 25.9 Å². The predicted octanol–water partition coefficient (Wildman–Crippen LogP) is 4.76. The van der Waals surface area contributed by atoms with Crippen LogP contribution < -0.4 is 20.7 Å². The zero-order chi connectivity index (χ0) is 24.9. The molecule has 0 atom stereocenters. The summed E-state index contributed by atoms with van der Waals surface area (Å²) in [6, 6.07) is 18.9. The summed E-state index contributed by atoms with van der Waals surface area (Å²) >= 11 is 0. The summed E-state index contributed by atoms with van der Waals surface area (Å²) in [5, 5.41) is 9.27. The zero-order valence-corrected chi connectivity index (χ0v) is 20.6. The van der Waals surface area contributed by atoms with Crippen molar-refractivity contribution in [2.24, 2.45) is 0 Å². The van der Waals surface area contributed by atoms with Crippen molar-refractivity contribution < 1.29 is 14.3 Å². The molecule has 186 valence electrons. The van der Waals surface area contributed by atoms with Gasteiger partial charge in [0.2, 0.25) is 0 Å². The number of ether oxygens (including phenoxy) is 1. The van der Waals surface area contributed by atoms with Crippen LogP contribution in [0, 0.1) is 0 Å². The SMILES string of the molecule is COc1ccccc1-c1ccc(NC(=O)c2ccc(NCCCN3CCCC3)cc2)c2c1CNC2=O. The van der Waals surface area contributed by atoms with E-state index in [2.05, 4.69) is 20.9 Å². The number of para-hydroxylation sites is 1. The Bertz CT molecular complexity index is 1250. The molecule has 2 aliphatic rings. The van der Waals surface area contributed by atoms with Gasteiger partial charge >= 0.3 is 0 Å². The van der Waals surface area contributed by atoms with Gasteiger partial charge in [-0.25, -0.2) is 0 Å². The van der Waals surface area contributed by atoms with Gasteiger partial charge in [-0.1, -0.05) is 24.3 Å². The van der Waals surface area contributed by atoms with Crippen molar-refractivity contribution in [1.29, 1.82) is 0 Å². The van der Waals surface area contributed by atoms with Crippen LogP contribution in [0.3, 0.4) is 0 Å². The van der Waals surface area contributed by atoms with Gasteiger partial charge in [0.1, 0.15) is 5.75 Å². The van der Waals surface area contributed by atoms with E-state index in [0.29, 0.717) is 23.4 Å². The summed E-state index contributed by atoms with van der Waals surface area (Å²) in [6.07, 6.45) is 3.73. The maximum absolute atomic E-state index is 13.0. The van der Waals surface area contributed by atoms with Crippen molar-refractivity contribution in [3.05, 3.63) is 77.4 Å². The van der Waals surface area contributed by atoms with E-state index in [1.54, 1.807) is 13.2 Å². The number of amides is 2. The minimum Gasteiger partial charge on any atom is -0.496 e. The van der Waals surface area contributed by atoms with Gasteiger partial charge in [0, 0.05) is 29.9 Å². The van der Waals surface area contributed by atoms with Crippen molar-refractivity contribution in [3.8, 4) is 16.9 Å². The molecule has 1 fully saturated rings. The minimum atomic E-state index is -0.248. The van der Waals surface area contributed by atoms with Crippen LogP contribution in [0.25, 0.3) is 11.1 Å². The van der Waals surface area contributed by atoms with E-state index in [0.717, 1.165) is 47.6 Å². The van der Waals surface area contributed by atoms with Gasteiger partial charge in [-0.15, -0.1) is 0 Å². The van der Waals surface area contributed by atoms with Crippen LogP contribution >= 0.6 is 0 Å². The highest BCUT2D eigenvalue weighted by Crippen LogP contribution is 2.38. The summed E-state index contributed by atoms with van der Waals surface area (Å²) in [5.74, 6) is 0.300. The average molecular weight is 485 g/mol.